The SMILES string of the molecule is CCOC(=O)c1c(NC(=S)Nc2ccsc2C(=O)OC)sc2c1CCCCCC2. The molecule has 1 aliphatic carbocycles. The Hall–Kier alpha value is -1.97. The number of methoxy groups -OCH3 is 1. The molecule has 0 unspecified atom stereocenters. The van der Waals surface area contributed by atoms with Crippen LogP contribution in [0, 0.1) is 0 Å². The third-order valence-corrected chi connectivity index (χ3v) is 6.97. The molecule has 1 aliphatic rings. The molecule has 0 bridgehead atoms. The molecular weight excluding hydrogens is 428 g/mol. The van der Waals surface area contributed by atoms with Crippen molar-refractivity contribution in [2.75, 3.05) is 24.4 Å². The van der Waals surface area contributed by atoms with Crippen molar-refractivity contribution in [1.29, 1.82) is 0 Å². The van der Waals surface area contributed by atoms with E-state index in [0.717, 1.165) is 31.2 Å². The molecule has 0 atom stereocenters. The van der Waals surface area contributed by atoms with Crippen molar-refractivity contribution in [3.05, 3.63) is 32.3 Å². The Balaban J connectivity index is 1.85. The van der Waals surface area contributed by atoms with Gasteiger partial charge in [0.2, 0.25) is 0 Å². The summed E-state index contributed by atoms with van der Waals surface area (Å²) < 4.78 is 10.1. The van der Waals surface area contributed by atoms with Gasteiger partial charge in [-0.25, -0.2) is 9.59 Å². The molecule has 3 rings (SSSR count). The summed E-state index contributed by atoms with van der Waals surface area (Å²) in [5, 5.41) is 9.00. The number of hydrogen-bond donors (Lipinski definition) is 2. The number of carbonyl (C=O) groups excluding carboxylic acids is 2. The first-order chi connectivity index (χ1) is 14.0. The first kappa shape index (κ1) is 21.7. The van der Waals surface area contributed by atoms with E-state index in [4.69, 9.17) is 21.7 Å². The smallest absolute Gasteiger partial charge is 0.350 e. The van der Waals surface area contributed by atoms with E-state index in [1.54, 1.807) is 29.7 Å². The maximum atomic E-state index is 12.7. The van der Waals surface area contributed by atoms with E-state index in [9.17, 15) is 9.59 Å². The van der Waals surface area contributed by atoms with Crippen molar-refractivity contribution < 1.29 is 19.1 Å². The summed E-state index contributed by atoms with van der Waals surface area (Å²) in [5.74, 6) is -0.738. The zero-order chi connectivity index (χ0) is 20.8. The third-order valence-electron chi connectivity index (χ3n) is 4.66. The van der Waals surface area contributed by atoms with Crippen LogP contribution in [0.3, 0.4) is 0 Å². The van der Waals surface area contributed by atoms with Crippen LogP contribution in [0.15, 0.2) is 11.4 Å². The second-order valence-corrected chi connectivity index (χ2v) is 9.01. The Morgan fingerprint density at radius 3 is 2.62 bits per heavy atom. The number of nitrogens with one attached hydrogen (secondary N) is 2. The molecule has 0 aliphatic heterocycles. The van der Waals surface area contributed by atoms with Crippen LogP contribution in [-0.2, 0) is 22.3 Å². The molecule has 2 heterocycles. The maximum absolute atomic E-state index is 12.7. The first-order valence-electron chi connectivity index (χ1n) is 9.60. The predicted octanol–water partition coefficient (Wildman–Crippen LogP) is 5.24. The fourth-order valence-corrected chi connectivity index (χ4v) is 5.67. The van der Waals surface area contributed by atoms with Crippen molar-refractivity contribution in [1.82, 2.24) is 0 Å². The Morgan fingerprint density at radius 2 is 1.90 bits per heavy atom. The van der Waals surface area contributed by atoms with Gasteiger partial charge in [0, 0.05) is 4.88 Å². The molecule has 0 aromatic carbocycles. The first-order valence-corrected chi connectivity index (χ1v) is 11.7. The van der Waals surface area contributed by atoms with Crippen LogP contribution >= 0.6 is 34.9 Å². The molecule has 0 spiro atoms. The van der Waals surface area contributed by atoms with Crippen molar-refractivity contribution in [3.8, 4) is 0 Å². The average molecular weight is 453 g/mol. The highest BCUT2D eigenvalue weighted by Gasteiger charge is 2.26. The number of aryl methyl sites for hydroxylation is 1. The van der Waals surface area contributed by atoms with Gasteiger partial charge >= 0.3 is 11.9 Å². The molecular formula is C20H24N2O4S3. The van der Waals surface area contributed by atoms with E-state index in [0.29, 0.717) is 32.8 Å². The van der Waals surface area contributed by atoms with Crippen molar-refractivity contribution >= 4 is 62.6 Å². The van der Waals surface area contributed by atoms with Gasteiger partial charge in [0.05, 0.1) is 25.0 Å². The molecule has 0 saturated carbocycles. The molecule has 156 valence electrons. The quantitative estimate of drug-likeness (QED) is 0.474. The lowest BCUT2D eigenvalue weighted by atomic mass is 9.96. The molecule has 0 saturated heterocycles. The number of fused-ring (bicyclic) bond motifs is 1. The van der Waals surface area contributed by atoms with Crippen LogP contribution in [0.25, 0.3) is 0 Å². The van der Waals surface area contributed by atoms with Crippen LogP contribution in [0.5, 0.6) is 0 Å². The van der Waals surface area contributed by atoms with Crippen LogP contribution in [0.2, 0.25) is 0 Å². The number of thiocarbonyl (C=S) groups is 1. The number of anilines is 2. The number of ether oxygens (including phenoxy) is 2. The van der Waals surface area contributed by atoms with Gasteiger partial charge in [-0.2, -0.15) is 0 Å². The molecule has 2 aromatic heterocycles. The number of thiophene rings is 2. The van der Waals surface area contributed by atoms with Gasteiger partial charge in [-0.1, -0.05) is 12.8 Å². The standard InChI is InChI=1S/C20H24N2O4S3/c1-3-26-18(23)15-12-8-6-4-5-7-9-14(12)29-17(15)22-20(27)21-13-10-11-28-16(13)19(24)25-2/h10-11H,3-9H2,1-2H3,(H2,21,22,27). The summed E-state index contributed by atoms with van der Waals surface area (Å²) in [6.07, 6.45) is 6.41. The van der Waals surface area contributed by atoms with Gasteiger partial charge in [-0.05, 0) is 61.8 Å². The minimum atomic E-state index is -0.420. The Labute approximate surface area is 183 Å². The van der Waals surface area contributed by atoms with Gasteiger partial charge in [-0.3, -0.25) is 0 Å². The van der Waals surface area contributed by atoms with Crippen LogP contribution in [-0.4, -0.2) is 30.8 Å². The summed E-state index contributed by atoms with van der Waals surface area (Å²) >= 11 is 8.30. The van der Waals surface area contributed by atoms with Crippen LogP contribution in [0.1, 0.15) is 63.1 Å². The highest BCUT2D eigenvalue weighted by molar-refractivity contribution is 7.80. The third kappa shape index (κ3) is 5.15. The van der Waals surface area contributed by atoms with E-state index in [1.165, 1.54) is 36.2 Å². The zero-order valence-corrected chi connectivity index (χ0v) is 18.9. The predicted molar refractivity (Wildman–Crippen MR) is 122 cm³/mol. The van der Waals surface area contributed by atoms with Crippen LogP contribution < -0.4 is 10.6 Å². The Bertz CT molecular complexity index is 904. The normalized spacial score (nSPS) is 13.6. The lowest BCUT2D eigenvalue weighted by Crippen LogP contribution is -2.21. The zero-order valence-electron chi connectivity index (χ0n) is 16.5. The van der Waals surface area contributed by atoms with Gasteiger partial charge < -0.3 is 20.1 Å². The number of rotatable bonds is 5. The second kappa shape index (κ2) is 10.2. The second-order valence-electron chi connectivity index (χ2n) is 6.58. The molecule has 0 fully saturated rings. The lowest BCUT2D eigenvalue weighted by Gasteiger charge is -2.12. The van der Waals surface area contributed by atoms with E-state index < -0.39 is 5.97 Å². The summed E-state index contributed by atoms with van der Waals surface area (Å²) in [7, 11) is 1.34. The lowest BCUT2D eigenvalue weighted by molar-refractivity contribution is 0.0525. The monoisotopic (exact) mass is 452 g/mol. The average Bonchev–Trinajstić information content (AvgIpc) is 3.25. The van der Waals surface area contributed by atoms with Gasteiger partial charge in [0.25, 0.3) is 0 Å². The number of esters is 2. The minimum absolute atomic E-state index is 0.313. The molecule has 2 N–H and O–H groups in total. The Morgan fingerprint density at radius 1 is 1.14 bits per heavy atom. The van der Waals surface area contributed by atoms with Crippen LogP contribution in [0.4, 0.5) is 10.7 Å². The summed E-state index contributed by atoms with van der Waals surface area (Å²) in [6, 6.07) is 1.77. The summed E-state index contributed by atoms with van der Waals surface area (Å²) in [6.45, 7) is 2.13. The fourth-order valence-electron chi connectivity index (χ4n) is 3.34. The maximum Gasteiger partial charge on any atom is 0.350 e. The topological polar surface area (TPSA) is 76.7 Å². The molecule has 0 amide bonds. The number of hydrogen-bond acceptors (Lipinski definition) is 7. The largest absolute Gasteiger partial charge is 0.465 e. The summed E-state index contributed by atoms with van der Waals surface area (Å²) in [4.78, 5) is 26.2. The molecule has 29 heavy (non-hydrogen) atoms. The van der Waals surface area contributed by atoms with Crippen molar-refractivity contribution in [3.63, 3.8) is 0 Å². The molecule has 9 heteroatoms. The number of carbonyl (C=O) groups is 2. The van der Waals surface area contributed by atoms with Gasteiger partial charge in [0.1, 0.15) is 9.88 Å². The van der Waals surface area contributed by atoms with E-state index in [1.807, 2.05) is 0 Å². The molecule has 6 nitrogen and oxygen atoms in total. The Kier molecular flexibility index (Phi) is 7.63. The fraction of sp³-hybridized carbons (Fsp3) is 0.450. The van der Waals surface area contributed by atoms with Gasteiger partial charge in [-0.15, -0.1) is 22.7 Å². The van der Waals surface area contributed by atoms with Crippen molar-refractivity contribution in [2.24, 2.45) is 0 Å². The van der Waals surface area contributed by atoms with E-state index >= 15 is 0 Å². The van der Waals surface area contributed by atoms with E-state index in [-0.39, 0.29) is 5.97 Å². The highest BCUT2D eigenvalue weighted by atomic mass is 32.1. The minimum Gasteiger partial charge on any atom is -0.465 e. The van der Waals surface area contributed by atoms with E-state index in [2.05, 4.69) is 10.6 Å². The molecule has 0 radical (unpaired) electrons. The molecule has 2 aromatic rings. The van der Waals surface area contributed by atoms with Crippen molar-refractivity contribution in [2.45, 2.75) is 45.4 Å². The van der Waals surface area contributed by atoms with Gasteiger partial charge in [0.15, 0.2) is 5.11 Å². The highest BCUT2D eigenvalue weighted by Crippen LogP contribution is 2.37. The summed E-state index contributed by atoms with van der Waals surface area (Å²) in [5.41, 5.74) is 2.26.